The number of anilines is 2. The monoisotopic (exact) mass is 456 g/mol. The lowest BCUT2D eigenvalue weighted by Gasteiger charge is -2.19. The number of para-hydroxylation sites is 2. The van der Waals surface area contributed by atoms with E-state index in [9.17, 15) is 9.59 Å². The number of nitrogens with one attached hydrogen (secondary N) is 2. The Hall–Kier alpha value is -3.04. The second kappa shape index (κ2) is 9.84. The summed E-state index contributed by atoms with van der Waals surface area (Å²) in [5.74, 6) is 0.273. The molecule has 2 aromatic carbocycles. The number of carbonyl (C=O) groups excluding carboxylic acids is 2. The molecule has 3 amide bonds. The molecule has 0 radical (unpaired) electrons. The topological polar surface area (TPSA) is 92.2 Å². The molecule has 0 bridgehead atoms. The van der Waals surface area contributed by atoms with Gasteiger partial charge in [0.1, 0.15) is 0 Å². The summed E-state index contributed by atoms with van der Waals surface area (Å²) in [7, 11) is 0. The maximum atomic E-state index is 12.3. The van der Waals surface area contributed by atoms with Crippen LogP contribution in [-0.2, 0) is 4.79 Å². The Kier molecular flexibility index (Phi) is 6.73. The van der Waals surface area contributed by atoms with Crippen molar-refractivity contribution in [2.45, 2.75) is 18.0 Å². The van der Waals surface area contributed by atoms with E-state index in [1.165, 1.54) is 11.8 Å². The standard InChI is InChI=1S/C21H21ClN6O2S/c22-16-10-4-5-11-17(16)28-20(27-12-6-7-13-27)25-26-21(28)31-14-18(29)24-19(30)23-15-8-2-1-3-9-15/h1-5,8-11H,6-7,12-14H2,(H2,23,24,29,30). The highest BCUT2D eigenvalue weighted by Gasteiger charge is 2.24. The van der Waals surface area contributed by atoms with Crippen molar-refractivity contribution in [3.05, 3.63) is 59.6 Å². The van der Waals surface area contributed by atoms with E-state index in [2.05, 4.69) is 25.7 Å². The first-order valence-electron chi connectivity index (χ1n) is 9.86. The summed E-state index contributed by atoms with van der Waals surface area (Å²) in [6, 6.07) is 15.8. The smallest absolute Gasteiger partial charge is 0.325 e. The second-order valence-electron chi connectivity index (χ2n) is 6.92. The first-order valence-corrected chi connectivity index (χ1v) is 11.2. The molecular formula is C21H21ClN6O2S. The first kappa shape index (κ1) is 21.2. The summed E-state index contributed by atoms with van der Waals surface area (Å²) in [4.78, 5) is 26.5. The van der Waals surface area contributed by atoms with Gasteiger partial charge in [0.05, 0.1) is 16.5 Å². The SMILES string of the molecule is O=C(CSc1nnc(N2CCCC2)n1-c1ccccc1Cl)NC(=O)Nc1ccccc1. The van der Waals surface area contributed by atoms with Gasteiger partial charge < -0.3 is 10.2 Å². The number of amides is 3. The zero-order valence-electron chi connectivity index (χ0n) is 16.6. The lowest BCUT2D eigenvalue weighted by Crippen LogP contribution is -2.35. The summed E-state index contributed by atoms with van der Waals surface area (Å²) in [6.45, 7) is 1.79. The molecule has 4 rings (SSSR count). The number of thioether (sulfide) groups is 1. The maximum Gasteiger partial charge on any atom is 0.325 e. The van der Waals surface area contributed by atoms with Crippen molar-refractivity contribution in [1.29, 1.82) is 0 Å². The summed E-state index contributed by atoms with van der Waals surface area (Å²) < 4.78 is 1.87. The average molecular weight is 457 g/mol. The third-order valence-electron chi connectivity index (χ3n) is 4.72. The summed E-state index contributed by atoms with van der Waals surface area (Å²) >= 11 is 7.64. The molecule has 10 heteroatoms. The van der Waals surface area contributed by atoms with Gasteiger partial charge in [-0.2, -0.15) is 0 Å². The molecule has 0 unspecified atom stereocenters. The molecule has 31 heavy (non-hydrogen) atoms. The van der Waals surface area contributed by atoms with Gasteiger partial charge in [-0.1, -0.05) is 53.7 Å². The fourth-order valence-electron chi connectivity index (χ4n) is 3.30. The Morgan fingerprint density at radius 3 is 2.45 bits per heavy atom. The molecule has 1 aliphatic rings. The second-order valence-corrected chi connectivity index (χ2v) is 8.27. The van der Waals surface area contributed by atoms with Crippen LogP contribution in [0.4, 0.5) is 16.4 Å². The number of halogens is 1. The van der Waals surface area contributed by atoms with Crippen molar-refractivity contribution in [3.63, 3.8) is 0 Å². The minimum Gasteiger partial charge on any atom is -0.341 e. The van der Waals surface area contributed by atoms with Crippen molar-refractivity contribution in [2.75, 3.05) is 29.1 Å². The van der Waals surface area contributed by atoms with Gasteiger partial charge in [0.15, 0.2) is 5.16 Å². The normalized spacial score (nSPS) is 13.3. The molecule has 0 spiro atoms. The van der Waals surface area contributed by atoms with E-state index in [4.69, 9.17) is 11.6 Å². The van der Waals surface area contributed by atoms with Gasteiger partial charge in [0.2, 0.25) is 11.9 Å². The molecule has 2 N–H and O–H groups in total. The lowest BCUT2D eigenvalue weighted by molar-refractivity contribution is -0.117. The fourth-order valence-corrected chi connectivity index (χ4v) is 4.26. The van der Waals surface area contributed by atoms with E-state index >= 15 is 0 Å². The maximum absolute atomic E-state index is 12.3. The van der Waals surface area contributed by atoms with Crippen molar-refractivity contribution in [2.24, 2.45) is 0 Å². The van der Waals surface area contributed by atoms with Crippen LogP contribution < -0.4 is 15.5 Å². The number of hydrogen-bond acceptors (Lipinski definition) is 6. The molecule has 1 aliphatic heterocycles. The van der Waals surface area contributed by atoms with Crippen LogP contribution in [0.5, 0.6) is 0 Å². The number of benzene rings is 2. The van der Waals surface area contributed by atoms with Crippen molar-refractivity contribution in [1.82, 2.24) is 20.1 Å². The summed E-state index contributed by atoms with van der Waals surface area (Å²) in [6.07, 6.45) is 2.19. The zero-order chi connectivity index (χ0) is 21.6. The van der Waals surface area contributed by atoms with Crippen LogP contribution in [0.1, 0.15) is 12.8 Å². The van der Waals surface area contributed by atoms with Gasteiger partial charge in [0, 0.05) is 18.8 Å². The number of imide groups is 1. The molecule has 1 saturated heterocycles. The van der Waals surface area contributed by atoms with Crippen LogP contribution >= 0.6 is 23.4 Å². The molecule has 3 aromatic rings. The van der Waals surface area contributed by atoms with Gasteiger partial charge in [0.25, 0.3) is 0 Å². The Balaban J connectivity index is 1.46. The molecule has 1 fully saturated rings. The zero-order valence-corrected chi connectivity index (χ0v) is 18.2. The highest BCUT2D eigenvalue weighted by molar-refractivity contribution is 7.99. The highest BCUT2D eigenvalue weighted by atomic mass is 35.5. The van der Waals surface area contributed by atoms with Crippen molar-refractivity contribution < 1.29 is 9.59 Å². The molecule has 8 nitrogen and oxygen atoms in total. The molecule has 2 heterocycles. The number of nitrogens with zero attached hydrogens (tertiary/aromatic N) is 4. The minimum atomic E-state index is -0.581. The van der Waals surface area contributed by atoms with E-state index in [1.54, 1.807) is 30.3 Å². The fraction of sp³-hybridized carbons (Fsp3) is 0.238. The Labute approximate surface area is 189 Å². The van der Waals surface area contributed by atoms with Crippen molar-refractivity contribution in [3.8, 4) is 5.69 Å². The molecule has 0 saturated carbocycles. The molecular weight excluding hydrogens is 436 g/mol. The molecule has 160 valence electrons. The summed E-state index contributed by atoms with van der Waals surface area (Å²) in [5.41, 5.74) is 1.36. The largest absolute Gasteiger partial charge is 0.341 e. The average Bonchev–Trinajstić information content (AvgIpc) is 3.43. The van der Waals surface area contributed by atoms with E-state index in [-0.39, 0.29) is 5.75 Å². The van der Waals surface area contributed by atoms with E-state index in [0.29, 0.717) is 21.8 Å². The van der Waals surface area contributed by atoms with Gasteiger partial charge >= 0.3 is 6.03 Å². The summed E-state index contributed by atoms with van der Waals surface area (Å²) in [5, 5.41) is 14.7. The van der Waals surface area contributed by atoms with Gasteiger partial charge in [-0.05, 0) is 37.1 Å². The Bertz CT molecular complexity index is 1070. The van der Waals surface area contributed by atoms with Crippen LogP contribution in [0, 0.1) is 0 Å². The quantitative estimate of drug-likeness (QED) is 0.545. The number of aromatic nitrogens is 3. The highest BCUT2D eigenvalue weighted by Crippen LogP contribution is 2.31. The van der Waals surface area contributed by atoms with Gasteiger partial charge in [-0.25, -0.2) is 4.79 Å². The van der Waals surface area contributed by atoms with Crippen LogP contribution in [0.2, 0.25) is 5.02 Å². The molecule has 0 aliphatic carbocycles. The number of urea groups is 1. The third-order valence-corrected chi connectivity index (χ3v) is 5.96. The van der Waals surface area contributed by atoms with Gasteiger partial charge in [-0.15, -0.1) is 10.2 Å². The first-order chi connectivity index (χ1) is 15.1. The minimum absolute atomic E-state index is 0.00476. The third kappa shape index (κ3) is 5.18. The number of hydrogen-bond donors (Lipinski definition) is 2. The predicted molar refractivity (Wildman–Crippen MR) is 122 cm³/mol. The Morgan fingerprint density at radius 2 is 1.71 bits per heavy atom. The molecule has 1 aromatic heterocycles. The van der Waals surface area contributed by atoms with Crippen LogP contribution in [-0.4, -0.2) is 45.5 Å². The van der Waals surface area contributed by atoms with E-state index < -0.39 is 11.9 Å². The molecule has 0 atom stereocenters. The van der Waals surface area contributed by atoms with Gasteiger partial charge in [-0.3, -0.25) is 14.7 Å². The van der Waals surface area contributed by atoms with Crippen LogP contribution in [0.15, 0.2) is 59.8 Å². The van der Waals surface area contributed by atoms with Crippen LogP contribution in [0.3, 0.4) is 0 Å². The van der Waals surface area contributed by atoms with Crippen LogP contribution in [0.25, 0.3) is 5.69 Å². The van der Waals surface area contributed by atoms with E-state index in [0.717, 1.165) is 31.6 Å². The predicted octanol–water partition coefficient (Wildman–Crippen LogP) is 3.96. The Morgan fingerprint density at radius 1 is 1.00 bits per heavy atom. The number of rotatable bonds is 6. The number of carbonyl (C=O) groups is 2. The lowest BCUT2D eigenvalue weighted by atomic mass is 10.3. The van der Waals surface area contributed by atoms with Crippen molar-refractivity contribution >= 4 is 46.9 Å². The van der Waals surface area contributed by atoms with E-state index in [1.807, 2.05) is 28.8 Å².